The fraction of sp³-hybridized carbons (Fsp3) is 0.750. The van der Waals surface area contributed by atoms with E-state index in [1.54, 1.807) is 0 Å². The third-order valence-corrected chi connectivity index (χ3v) is 0.453. The van der Waals surface area contributed by atoms with Crippen LogP contribution in [0.15, 0.2) is 12.1 Å². The first-order valence-electron chi connectivity index (χ1n) is 7.81. The van der Waals surface area contributed by atoms with Crippen LogP contribution in [0.4, 0.5) is 0 Å². The average molecular weight is 134 g/mol. The lowest BCUT2D eigenvalue weighted by Gasteiger charge is -1.90. The van der Waals surface area contributed by atoms with Gasteiger partial charge in [0.25, 0.3) is 0 Å². The SMILES string of the molecule is [3H]/C(=C(/[3H])C([3H])(C([3H])([3H])[3H])C([3H])([3H])[3H])C([3H])([3H])CC. The van der Waals surface area contributed by atoms with Crippen molar-refractivity contribution in [2.45, 2.75) is 33.4 Å². The van der Waals surface area contributed by atoms with E-state index in [1.807, 2.05) is 0 Å². The van der Waals surface area contributed by atoms with Crippen molar-refractivity contribution in [1.29, 1.82) is 0 Å². The highest BCUT2D eigenvalue weighted by atomic mass is 13.9. The van der Waals surface area contributed by atoms with Crippen LogP contribution in [0.5, 0.6) is 0 Å². The topological polar surface area (TPSA) is 0 Å². The number of allylic oxidation sites excluding steroid dienone is 2. The van der Waals surface area contributed by atoms with Crippen molar-refractivity contribution in [2.24, 2.45) is 5.89 Å². The van der Waals surface area contributed by atoms with E-state index in [4.69, 9.17) is 15.1 Å². The van der Waals surface area contributed by atoms with Gasteiger partial charge in [-0.05, 0) is 12.3 Å². The Balaban J connectivity index is 6.17. The van der Waals surface area contributed by atoms with E-state index in [-0.39, 0.29) is 6.42 Å². The van der Waals surface area contributed by atoms with Crippen molar-refractivity contribution in [2.75, 3.05) is 0 Å². The Morgan fingerprint density at radius 3 is 3.25 bits per heavy atom. The fourth-order valence-corrected chi connectivity index (χ4v) is 0.195. The molecule has 0 aliphatic rings. The second-order valence-electron chi connectivity index (χ2n) is 1.16. The van der Waals surface area contributed by atoms with Crippen LogP contribution in [0.3, 0.4) is 0 Å². The van der Waals surface area contributed by atoms with Gasteiger partial charge < -0.3 is 0 Å². The van der Waals surface area contributed by atoms with Crippen molar-refractivity contribution in [3.63, 3.8) is 0 Å². The van der Waals surface area contributed by atoms with Crippen molar-refractivity contribution in [1.82, 2.24) is 0 Å². The van der Waals surface area contributed by atoms with Gasteiger partial charge in [-0.25, -0.2) is 0 Å². The molecule has 0 saturated heterocycles. The maximum absolute atomic E-state index is 7.66. The van der Waals surface area contributed by atoms with Gasteiger partial charge in [-0.3, -0.25) is 0 Å². The lowest BCUT2D eigenvalue weighted by atomic mass is 10.2. The van der Waals surface area contributed by atoms with E-state index < -0.39 is 38.1 Å². The molecule has 0 fully saturated rings. The molecule has 0 aromatic rings. The molecule has 0 spiro atoms. The quantitative estimate of drug-likeness (QED) is 0.520. The largest absolute Gasteiger partial charge is 0.0883 e. The van der Waals surface area contributed by atoms with Gasteiger partial charge in [-0.2, -0.15) is 0 Å². The number of hydrogen-bond acceptors (Lipinski definition) is 0. The van der Waals surface area contributed by atoms with Gasteiger partial charge in [-0.1, -0.05) is 39.2 Å². The monoisotopic (exact) mass is 134 g/mol. The van der Waals surface area contributed by atoms with Crippen LogP contribution >= 0.6 is 0 Å². The summed E-state index contributed by atoms with van der Waals surface area (Å²) in [5.41, 5.74) is 0. The third-order valence-electron chi connectivity index (χ3n) is 0.453. The second-order valence-corrected chi connectivity index (χ2v) is 1.16. The summed E-state index contributed by atoms with van der Waals surface area (Å²) in [6, 6.07) is -2.42. The molecule has 0 aliphatic carbocycles. The maximum atomic E-state index is 7.66. The Labute approximate surface area is 68.1 Å². The van der Waals surface area contributed by atoms with Gasteiger partial charge in [0.1, 0.15) is 0 Å². The Morgan fingerprint density at radius 2 is 2.75 bits per heavy atom. The molecular formula is C8H16. The van der Waals surface area contributed by atoms with E-state index in [2.05, 4.69) is 0 Å². The van der Waals surface area contributed by atoms with Gasteiger partial charge in [0, 0.05) is 12.3 Å². The minimum atomic E-state index is -3.37. The zero-order valence-corrected chi connectivity index (χ0v) is 4.71. The van der Waals surface area contributed by atoms with Crippen molar-refractivity contribution < 1.29 is 15.1 Å². The molecule has 48 valence electrons. The van der Waals surface area contributed by atoms with Gasteiger partial charge in [-0.15, -0.1) is 0 Å². The molecule has 0 aromatic heterocycles. The fourth-order valence-electron chi connectivity index (χ4n) is 0.195. The second kappa shape index (κ2) is 4.89. The molecular weight excluding hydrogens is 96.1 g/mol. The molecule has 0 aliphatic heterocycles. The highest BCUT2D eigenvalue weighted by molar-refractivity contribution is 4.83. The number of rotatable bonds is 3. The van der Waals surface area contributed by atoms with E-state index >= 15 is 0 Å². The van der Waals surface area contributed by atoms with Crippen molar-refractivity contribution >= 4 is 0 Å². The summed E-state index contributed by atoms with van der Waals surface area (Å²) < 4.78 is 80.5. The summed E-state index contributed by atoms with van der Waals surface area (Å²) in [5.74, 6) is -3.32. The van der Waals surface area contributed by atoms with Crippen LogP contribution in [-0.4, -0.2) is 0 Å². The normalized spacial score (nSPS) is 40.4. The molecule has 0 heterocycles. The van der Waals surface area contributed by atoms with Crippen LogP contribution in [0.1, 0.15) is 48.5 Å². The first-order valence-corrected chi connectivity index (χ1v) is 2.31. The predicted molar refractivity (Wildman–Crippen MR) is 38.9 cm³/mol. The molecule has 0 amide bonds. The Morgan fingerprint density at radius 1 is 2.00 bits per heavy atom. The highest BCUT2D eigenvalue weighted by Gasteiger charge is 1.80. The molecule has 0 aromatic carbocycles. The summed E-state index contributed by atoms with van der Waals surface area (Å²) >= 11 is 0. The molecule has 0 bridgehead atoms. The van der Waals surface area contributed by atoms with E-state index in [0.29, 0.717) is 0 Å². The van der Waals surface area contributed by atoms with E-state index in [9.17, 15) is 0 Å². The molecule has 0 saturated carbocycles. The first-order chi connectivity index (χ1) is 8.13. The highest BCUT2D eigenvalue weighted by Crippen LogP contribution is 1.96. The zero-order valence-electron chi connectivity index (χ0n) is 15.7. The molecule has 8 heavy (non-hydrogen) atoms. The maximum Gasteiger partial charge on any atom is 0.0575 e. The Kier molecular flexibility index (Phi) is 0.683. The van der Waals surface area contributed by atoms with Crippen LogP contribution < -0.4 is 0 Å². The lowest BCUT2D eigenvalue weighted by molar-refractivity contribution is 0.819. The lowest BCUT2D eigenvalue weighted by Crippen LogP contribution is -1.75. The van der Waals surface area contributed by atoms with E-state index in [0.717, 1.165) is 0 Å². The van der Waals surface area contributed by atoms with Crippen molar-refractivity contribution in [3.8, 4) is 0 Å². The zero-order chi connectivity index (χ0) is 15.9. The Hall–Kier alpha value is -0.260. The van der Waals surface area contributed by atoms with Crippen LogP contribution in [0.25, 0.3) is 0 Å². The van der Waals surface area contributed by atoms with Crippen molar-refractivity contribution in [3.05, 3.63) is 12.1 Å². The number of hydrogen-bond donors (Lipinski definition) is 0. The summed E-state index contributed by atoms with van der Waals surface area (Å²) in [5, 5.41) is 0. The molecule has 0 N–H and O–H groups in total. The predicted octanol–water partition coefficient (Wildman–Crippen LogP) is 3.00. The molecule has 0 rings (SSSR count). The minimum Gasteiger partial charge on any atom is -0.0883 e. The summed E-state index contributed by atoms with van der Waals surface area (Å²) in [7, 11) is 0. The van der Waals surface area contributed by atoms with Crippen LogP contribution in [0, 0.1) is 5.89 Å². The first kappa shape index (κ1) is 1.12. The van der Waals surface area contributed by atoms with Crippen LogP contribution in [0.2, 0.25) is 0 Å². The third kappa shape index (κ3) is 5.74. The van der Waals surface area contributed by atoms with Crippen LogP contribution in [-0.2, 0) is 0 Å². The van der Waals surface area contributed by atoms with Gasteiger partial charge in [0.2, 0.25) is 0 Å². The average Bonchev–Trinajstić information content (AvgIpc) is 2.22. The van der Waals surface area contributed by atoms with Gasteiger partial charge >= 0.3 is 0 Å². The summed E-state index contributed by atoms with van der Waals surface area (Å²) in [6.07, 6.45) is -2.58. The van der Waals surface area contributed by atoms with E-state index in [1.165, 1.54) is 6.92 Å². The summed E-state index contributed by atoms with van der Waals surface area (Å²) in [4.78, 5) is 0. The molecule has 0 unspecified atom stereocenters. The molecule has 0 atom stereocenters. The minimum absolute atomic E-state index is 0.230. The van der Waals surface area contributed by atoms with Gasteiger partial charge in [0.05, 0.1) is 2.74 Å². The molecule has 0 radical (unpaired) electrons. The smallest absolute Gasteiger partial charge is 0.0575 e. The summed E-state index contributed by atoms with van der Waals surface area (Å²) in [6.45, 7) is -5.37. The molecule has 0 heteroatoms. The Bertz CT molecular complexity index is 344. The standard InChI is InChI=1S/C8H16/c1-4-5-6-7-8(2)3/h6-8H,4-5H2,1-3H3/b7-6+/i2T3,3T3,5T2,6T,7T,8T. The molecule has 0 nitrogen and oxygen atoms in total. The van der Waals surface area contributed by atoms with Gasteiger partial charge in [0.15, 0.2) is 0 Å².